The molecule has 0 amide bonds. The molecule has 7 heteroatoms. The summed E-state index contributed by atoms with van der Waals surface area (Å²) in [5.41, 5.74) is 1.10. The van der Waals surface area contributed by atoms with Gasteiger partial charge in [0.15, 0.2) is 11.5 Å². The Morgan fingerprint density at radius 2 is 2.00 bits per heavy atom. The highest BCUT2D eigenvalue weighted by atomic mass is 32.2. The Labute approximate surface area is 145 Å². The Bertz CT molecular complexity index is 633. The molecular weight excluding hydrogens is 328 g/mol. The summed E-state index contributed by atoms with van der Waals surface area (Å²) in [5.74, 6) is 1.82. The maximum atomic E-state index is 12.3. The smallest absolute Gasteiger partial charge is 0.279 e. The Morgan fingerprint density at radius 1 is 1.25 bits per heavy atom. The van der Waals surface area contributed by atoms with E-state index in [2.05, 4.69) is 11.6 Å². The zero-order valence-corrected chi connectivity index (χ0v) is 15.6. The number of nitrogens with zero attached hydrogens (tertiary/aromatic N) is 1. The predicted octanol–water partition coefficient (Wildman–Crippen LogP) is 2.20. The fourth-order valence-corrected chi connectivity index (χ4v) is 4.39. The first-order chi connectivity index (χ1) is 11.5. The van der Waals surface area contributed by atoms with E-state index in [-0.39, 0.29) is 0 Å². The lowest BCUT2D eigenvalue weighted by atomic mass is 10.0. The minimum atomic E-state index is -3.36. The Balaban J connectivity index is 1.82. The molecule has 0 radical (unpaired) electrons. The van der Waals surface area contributed by atoms with Crippen molar-refractivity contribution >= 4 is 10.2 Å². The minimum absolute atomic E-state index is 0.432. The van der Waals surface area contributed by atoms with Gasteiger partial charge in [-0.2, -0.15) is 12.7 Å². The topological polar surface area (TPSA) is 67.9 Å². The predicted molar refractivity (Wildman–Crippen MR) is 94.8 cm³/mol. The van der Waals surface area contributed by atoms with Crippen LogP contribution in [0.3, 0.4) is 0 Å². The number of nitrogens with one attached hydrogen (secondary N) is 1. The molecular formula is C17H28N2O4S. The number of aryl methyl sites for hydroxylation is 1. The molecule has 6 nitrogen and oxygen atoms in total. The SMILES string of the molecule is COc1ccc(CCCNS(=O)(=O)N2CCC[C@H](C)C2)cc1OC. The average Bonchev–Trinajstić information content (AvgIpc) is 2.58. The molecule has 1 aliphatic heterocycles. The number of hydrogen-bond acceptors (Lipinski definition) is 4. The van der Waals surface area contributed by atoms with Crippen molar-refractivity contribution in [2.75, 3.05) is 33.9 Å². The second-order valence-electron chi connectivity index (χ2n) is 6.30. The van der Waals surface area contributed by atoms with Gasteiger partial charge in [-0.25, -0.2) is 4.72 Å². The van der Waals surface area contributed by atoms with E-state index in [0.29, 0.717) is 37.1 Å². The summed E-state index contributed by atoms with van der Waals surface area (Å²) in [6.07, 6.45) is 3.55. The summed E-state index contributed by atoms with van der Waals surface area (Å²) in [7, 11) is -0.144. The van der Waals surface area contributed by atoms with Crippen LogP contribution in [0.15, 0.2) is 18.2 Å². The van der Waals surface area contributed by atoms with Gasteiger partial charge >= 0.3 is 0 Å². The number of rotatable bonds is 8. The van der Waals surface area contributed by atoms with Gasteiger partial charge in [-0.3, -0.25) is 0 Å². The van der Waals surface area contributed by atoms with Crippen molar-refractivity contribution in [2.24, 2.45) is 5.92 Å². The molecule has 0 saturated carbocycles. The largest absolute Gasteiger partial charge is 0.493 e. The van der Waals surface area contributed by atoms with Crippen LogP contribution in [0.2, 0.25) is 0 Å². The van der Waals surface area contributed by atoms with Crippen LogP contribution < -0.4 is 14.2 Å². The number of ether oxygens (including phenoxy) is 2. The summed E-state index contributed by atoms with van der Waals surface area (Å²) < 4.78 is 39.4. The summed E-state index contributed by atoms with van der Waals surface area (Å²) in [5, 5.41) is 0. The number of hydrogen-bond donors (Lipinski definition) is 1. The first kappa shape index (κ1) is 19.0. The van der Waals surface area contributed by atoms with Crippen molar-refractivity contribution in [3.63, 3.8) is 0 Å². The molecule has 1 aromatic carbocycles. The molecule has 0 spiro atoms. The van der Waals surface area contributed by atoms with Gasteiger partial charge in [0.1, 0.15) is 0 Å². The van der Waals surface area contributed by atoms with Gasteiger partial charge in [0, 0.05) is 19.6 Å². The number of benzene rings is 1. The molecule has 2 rings (SSSR count). The summed E-state index contributed by atoms with van der Waals surface area (Å²) in [6, 6.07) is 5.77. The number of piperidine rings is 1. The van der Waals surface area contributed by atoms with Gasteiger partial charge in [-0.15, -0.1) is 0 Å². The van der Waals surface area contributed by atoms with Gasteiger partial charge in [0.25, 0.3) is 10.2 Å². The normalized spacial score (nSPS) is 19.2. The second kappa shape index (κ2) is 8.69. The van der Waals surface area contributed by atoms with E-state index in [1.165, 1.54) is 0 Å². The first-order valence-electron chi connectivity index (χ1n) is 8.42. The zero-order chi connectivity index (χ0) is 17.6. The molecule has 1 atom stereocenters. The lowest BCUT2D eigenvalue weighted by Crippen LogP contribution is -2.45. The van der Waals surface area contributed by atoms with Gasteiger partial charge < -0.3 is 9.47 Å². The fourth-order valence-electron chi connectivity index (χ4n) is 2.99. The molecule has 0 aromatic heterocycles. The monoisotopic (exact) mass is 356 g/mol. The van der Waals surface area contributed by atoms with E-state index >= 15 is 0 Å². The quantitative estimate of drug-likeness (QED) is 0.725. The molecule has 1 heterocycles. The van der Waals surface area contributed by atoms with Crippen LogP contribution in [-0.4, -0.2) is 46.6 Å². The molecule has 0 aliphatic carbocycles. The maximum Gasteiger partial charge on any atom is 0.279 e. The van der Waals surface area contributed by atoms with Crippen molar-refractivity contribution < 1.29 is 17.9 Å². The lowest BCUT2D eigenvalue weighted by molar-refractivity contribution is 0.278. The molecule has 24 heavy (non-hydrogen) atoms. The van der Waals surface area contributed by atoms with Gasteiger partial charge in [-0.05, 0) is 49.3 Å². The molecule has 1 aliphatic rings. The second-order valence-corrected chi connectivity index (χ2v) is 8.05. The Kier molecular flexibility index (Phi) is 6.89. The molecule has 1 N–H and O–H groups in total. The van der Waals surface area contributed by atoms with Crippen molar-refractivity contribution in [1.82, 2.24) is 9.03 Å². The van der Waals surface area contributed by atoms with Crippen LogP contribution in [0.5, 0.6) is 11.5 Å². The Morgan fingerprint density at radius 3 is 2.67 bits per heavy atom. The van der Waals surface area contributed by atoms with Gasteiger partial charge in [0.05, 0.1) is 14.2 Å². The summed E-state index contributed by atoms with van der Waals surface area (Å²) in [4.78, 5) is 0. The highest BCUT2D eigenvalue weighted by Gasteiger charge is 2.26. The van der Waals surface area contributed by atoms with Crippen molar-refractivity contribution in [1.29, 1.82) is 0 Å². The van der Waals surface area contributed by atoms with Crippen LogP contribution in [0.1, 0.15) is 31.7 Å². The van der Waals surface area contributed by atoms with E-state index < -0.39 is 10.2 Å². The third kappa shape index (κ3) is 5.09. The van der Waals surface area contributed by atoms with Crippen molar-refractivity contribution in [3.8, 4) is 11.5 Å². The van der Waals surface area contributed by atoms with Crippen molar-refractivity contribution in [2.45, 2.75) is 32.6 Å². The minimum Gasteiger partial charge on any atom is -0.493 e. The first-order valence-corrected chi connectivity index (χ1v) is 9.86. The molecule has 136 valence electrons. The van der Waals surface area contributed by atoms with Crippen LogP contribution in [0, 0.1) is 5.92 Å². The average molecular weight is 356 g/mol. The summed E-state index contributed by atoms with van der Waals surface area (Å²) >= 11 is 0. The Hall–Kier alpha value is -1.31. The van der Waals surface area contributed by atoms with E-state index in [4.69, 9.17) is 9.47 Å². The van der Waals surface area contributed by atoms with Crippen molar-refractivity contribution in [3.05, 3.63) is 23.8 Å². The van der Waals surface area contributed by atoms with Gasteiger partial charge in [0.2, 0.25) is 0 Å². The van der Waals surface area contributed by atoms with Crippen LogP contribution >= 0.6 is 0 Å². The highest BCUT2D eigenvalue weighted by Crippen LogP contribution is 2.27. The number of methoxy groups -OCH3 is 2. The van der Waals surface area contributed by atoms with Gasteiger partial charge in [-0.1, -0.05) is 13.0 Å². The molecule has 1 saturated heterocycles. The maximum absolute atomic E-state index is 12.3. The molecule has 0 unspecified atom stereocenters. The van der Waals surface area contributed by atoms with E-state index in [9.17, 15) is 8.42 Å². The molecule has 1 fully saturated rings. The molecule has 1 aromatic rings. The van der Waals surface area contributed by atoms with E-state index in [1.54, 1.807) is 18.5 Å². The van der Waals surface area contributed by atoms with Crippen LogP contribution in [-0.2, 0) is 16.6 Å². The standard InChI is InChI=1S/C17H28N2O4S/c1-14-6-5-11-19(13-14)24(20,21)18-10-4-7-15-8-9-16(22-2)17(12-15)23-3/h8-9,12,14,18H,4-7,10-11,13H2,1-3H3/t14-/m0/s1. The van der Waals surface area contributed by atoms with E-state index in [0.717, 1.165) is 31.2 Å². The molecule has 0 bridgehead atoms. The fraction of sp³-hybridized carbons (Fsp3) is 0.647. The summed E-state index contributed by atoms with van der Waals surface area (Å²) in [6.45, 7) is 3.76. The lowest BCUT2D eigenvalue weighted by Gasteiger charge is -2.29. The third-order valence-corrected chi connectivity index (χ3v) is 5.91. The third-order valence-electron chi connectivity index (χ3n) is 4.33. The van der Waals surface area contributed by atoms with Crippen LogP contribution in [0.25, 0.3) is 0 Å². The van der Waals surface area contributed by atoms with E-state index in [1.807, 2.05) is 18.2 Å². The highest BCUT2D eigenvalue weighted by molar-refractivity contribution is 7.87. The van der Waals surface area contributed by atoms with Crippen LogP contribution in [0.4, 0.5) is 0 Å². The zero-order valence-electron chi connectivity index (χ0n) is 14.7.